The average Bonchev–Trinajstić information content (AvgIpc) is 3.15. The monoisotopic (exact) mass is 773 g/mol. The number of hydrogen-bond acceptors (Lipinski definition) is 8. The zero-order chi connectivity index (χ0) is 39.1. The molecule has 0 rings (SSSR count). The van der Waals surface area contributed by atoms with E-state index in [1.54, 1.807) is 0 Å². The van der Waals surface area contributed by atoms with Crippen molar-refractivity contribution in [3.8, 4) is 0 Å². The number of ether oxygens (including phenoxy) is 2. The first-order valence-electron chi connectivity index (χ1n) is 22.4. The van der Waals surface area contributed by atoms with Crippen molar-refractivity contribution >= 4 is 19.8 Å². The van der Waals surface area contributed by atoms with E-state index in [0.29, 0.717) is 25.7 Å². The number of unbranched alkanes of at least 4 members (excludes halogenated alkanes) is 23. The average molecular weight is 773 g/mol. The van der Waals surface area contributed by atoms with Gasteiger partial charge in [-0.15, -0.1) is 6.58 Å². The van der Waals surface area contributed by atoms with Gasteiger partial charge in [-0.05, 0) is 32.1 Å². The Kier molecular flexibility index (Phi) is 38.1. The molecule has 0 aromatic heterocycles. The third-order valence-electron chi connectivity index (χ3n) is 9.75. The Hall–Kier alpha value is -1.21. The fraction of sp³-hybridized carbons (Fsp3) is 0.909. The molecule has 0 aliphatic rings. The van der Waals surface area contributed by atoms with Crippen molar-refractivity contribution in [3.05, 3.63) is 12.7 Å². The Labute approximate surface area is 327 Å². The zero-order valence-corrected chi connectivity index (χ0v) is 36.1. The molecule has 0 aromatic carbocycles. The van der Waals surface area contributed by atoms with E-state index in [0.717, 1.165) is 57.8 Å². The molecule has 0 saturated heterocycles. The Morgan fingerprint density at radius 1 is 0.472 bits per heavy atom. The van der Waals surface area contributed by atoms with Gasteiger partial charge in [-0.2, -0.15) is 0 Å². The summed E-state index contributed by atoms with van der Waals surface area (Å²) in [6, 6.07) is 0. The molecular weight excluding hydrogens is 687 g/mol. The molecular formula is C44H85O8P. The van der Waals surface area contributed by atoms with Crippen LogP contribution in [0, 0.1) is 0 Å². The van der Waals surface area contributed by atoms with Gasteiger partial charge in [0.15, 0.2) is 0 Å². The molecule has 0 amide bonds. The summed E-state index contributed by atoms with van der Waals surface area (Å²) in [5.41, 5.74) is 0. The fourth-order valence-electron chi connectivity index (χ4n) is 6.48. The quantitative estimate of drug-likeness (QED) is 0.0262. The maximum Gasteiger partial charge on any atom is 0.475 e. The van der Waals surface area contributed by atoms with E-state index < -0.39 is 20.0 Å². The molecule has 53 heavy (non-hydrogen) atoms. The Bertz CT molecular complexity index is 881. The molecule has 9 heteroatoms. The molecule has 0 spiro atoms. The van der Waals surface area contributed by atoms with E-state index in [9.17, 15) is 14.2 Å². The molecule has 0 fully saturated rings. The molecule has 0 radical (unpaired) electrons. The normalized spacial score (nSPS) is 13.7. The van der Waals surface area contributed by atoms with Crippen molar-refractivity contribution in [1.82, 2.24) is 0 Å². The van der Waals surface area contributed by atoms with Gasteiger partial charge in [-0.1, -0.05) is 181 Å². The largest absolute Gasteiger partial charge is 0.475 e. The summed E-state index contributed by atoms with van der Waals surface area (Å²) in [7, 11) is -3.83. The zero-order valence-electron chi connectivity index (χ0n) is 35.2. The van der Waals surface area contributed by atoms with E-state index in [-0.39, 0.29) is 38.2 Å². The van der Waals surface area contributed by atoms with E-state index in [2.05, 4.69) is 27.4 Å². The van der Waals surface area contributed by atoms with E-state index in [1.807, 2.05) is 6.92 Å². The summed E-state index contributed by atoms with van der Waals surface area (Å²) in [5.74, 6) is -0.536. The van der Waals surface area contributed by atoms with Gasteiger partial charge in [0.25, 0.3) is 0 Å². The SMILES string of the molecule is C=CCOP(=O)(OCCC)OCC[C@@H](OC(=O)CCCCCCCCCCCC)C(CCCCCCCCCC)OC(=O)CCCCCCCCCC. The highest BCUT2D eigenvalue weighted by Crippen LogP contribution is 2.49. The van der Waals surface area contributed by atoms with Crippen LogP contribution >= 0.6 is 7.82 Å². The van der Waals surface area contributed by atoms with Crippen LogP contribution in [-0.2, 0) is 37.2 Å². The van der Waals surface area contributed by atoms with Gasteiger partial charge in [0.2, 0.25) is 0 Å². The van der Waals surface area contributed by atoms with Gasteiger partial charge in [0.05, 0.1) is 19.8 Å². The van der Waals surface area contributed by atoms with Crippen molar-refractivity contribution in [2.75, 3.05) is 19.8 Å². The van der Waals surface area contributed by atoms with Crippen LogP contribution in [0.15, 0.2) is 12.7 Å². The second kappa shape index (κ2) is 39.0. The lowest BCUT2D eigenvalue weighted by atomic mass is 10.0. The highest BCUT2D eigenvalue weighted by Gasteiger charge is 2.31. The first kappa shape index (κ1) is 51.8. The lowest BCUT2D eigenvalue weighted by molar-refractivity contribution is -0.170. The summed E-state index contributed by atoms with van der Waals surface area (Å²) < 4.78 is 42.1. The second-order valence-electron chi connectivity index (χ2n) is 15.0. The molecule has 0 bridgehead atoms. The maximum atomic E-state index is 13.3. The minimum absolute atomic E-state index is 0.0235. The van der Waals surface area contributed by atoms with Crippen molar-refractivity contribution in [1.29, 1.82) is 0 Å². The molecule has 0 saturated carbocycles. The molecule has 8 nitrogen and oxygen atoms in total. The maximum absolute atomic E-state index is 13.3. The standard InChI is InChI=1S/C44H85O8P/c1-6-11-14-17-20-23-24-27-30-33-36-44(46)52-42(37-40-50-53(47,48-38-9-4)49-39-10-5)41(34-31-28-25-21-18-15-12-7-2)51-43(45)35-32-29-26-22-19-16-13-8-3/h9,41-42H,4,6-8,10-40H2,1-3,5H3/t41?,42-,53?/m1/s1. The van der Waals surface area contributed by atoms with Crippen molar-refractivity contribution in [2.45, 2.75) is 239 Å². The molecule has 0 aliphatic carbocycles. The number of carbonyl (C=O) groups is 2. The van der Waals surface area contributed by atoms with Gasteiger partial charge in [0, 0.05) is 19.3 Å². The van der Waals surface area contributed by atoms with Crippen LogP contribution < -0.4 is 0 Å². The van der Waals surface area contributed by atoms with Crippen LogP contribution in [0.2, 0.25) is 0 Å². The predicted octanol–water partition coefficient (Wildman–Crippen LogP) is 14.3. The summed E-state index contributed by atoms with van der Waals surface area (Å²) in [5, 5.41) is 0. The number of hydrogen-bond donors (Lipinski definition) is 0. The molecule has 0 aliphatic heterocycles. The number of phosphoric ester groups is 1. The number of rotatable bonds is 42. The molecule has 314 valence electrons. The Morgan fingerprint density at radius 3 is 1.23 bits per heavy atom. The van der Waals surface area contributed by atoms with Crippen LogP contribution in [0.1, 0.15) is 227 Å². The number of esters is 2. The predicted molar refractivity (Wildman–Crippen MR) is 221 cm³/mol. The van der Waals surface area contributed by atoms with Gasteiger partial charge >= 0.3 is 19.8 Å². The first-order valence-corrected chi connectivity index (χ1v) is 23.8. The van der Waals surface area contributed by atoms with Crippen LogP contribution in [0.4, 0.5) is 0 Å². The molecule has 0 heterocycles. The summed E-state index contributed by atoms with van der Waals surface area (Å²) in [4.78, 5) is 26.4. The first-order chi connectivity index (χ1) is 25.9. The van der Waals surface area contributed by atoms with Gasteiger partial charge in [-0.3, -0.25) is 23.2 Å². The third-order valence-corrected chi connectivity index (χ3v) is 11.2. The molecule has 2 unspecified atom stereocenters. The lowest BCUT2D eigenvalue weighted by Crippen LogP contribution is -2.36. The molecule has 3 atom stereocenters. The van der Waals surface area contributed by atoms with Crippen molar-refractivity contribution in [3.63, 3.8) is 0 Å². The van der Waals surface area contributed by atoms with E-state index in [4.69, 9.17) is 23.0 Å². The van der Waals surface area contributed by atoms with Gasteiger partial charge in [-0.25, -0.2) is 4.57 Å². The van der Waals surface area contributed by atoms with Crippen molar-refractivity contribution in [2.24, 2.45) is 0 Å². The number of carbonyl (C=O) groups excluding carboxylic acids is 2. The molecule has 0 N–H and O–H groups in total. The topological polar surface area (TPSA) is 97.4 Å². The van der Waals surface area contributed by atoms with Crippen LogP contribution in [0.3, 0.4) is 0 Å². The van der Waals surface area contributed by atoms with Crippen LogP contribution in [0.25, 0.3) is 0 Å². The minimum Gasteiger partial charge on any atom is -0.458 e. The van der Waals surface area contributed by atoms with Gasteiger partial charge in [0.1, 0.15) is 12.2 Å². The fourth-order valence-corrected chi connectivity index (χ4v) is 7.72. The third kappa shape index (κ3) is 33.8. The van der Waals surface area contributed by atoms with Crippen molar-refractivity contribution < 1.29 is 37.2 Å². The number of phosphoric acid groups is 1. The summed E-state index contributed by atoms with van der Waals surface area (Å²) in [6.07, 6.45) is 32.7. The van der Waals surface area contributed by atoms with Gasteiger partial charge < -0.3 is 9.47 Å². The Morgan fingerprint density at radius 2 is 0.830 bits per heavy atom. The summed E-state index contributed by atoms with van der Waals surface area (Å²) in [6.45, 7) is 12.5. The Balaban J connectivity index is 5.47. The van der Waals surface area contributed by atoms with Crippen LogP contribution in [0.5, 0.6) is 0 Å². The summed E-state index contributed by atoms with van der Waals surface area (Å²) >= 11 is 0. The lowest BCUT2D eigenvalue weighted by Gasteiger charge is -2.28. The van der Waals surface area contributed by atoms with Crippen LogP contribution in [-0.4, -0.2) is 44.0 Å². The second-order valence-corrected chi connectivity index (χ2v) is 16.6. The van der Waals surface area contributed by atoms with E-state index in [1.165, 1.54) is 115 Å². The smallest absolute Gasteiger partial charge is 0.458 e. The highest BCUT2D eigenvalue weighted by molar-refractivity contribution is 7.48. The highest BCUT2D eigenvalue weighted by atomic mass is 31.2. The molecule has 0 aromatic rings. The minimum atomic E-state index is -3.83. The van der Waals surface area contributed by atoms with E-state index >= 15 is 0 Å².